The molecule has 0 aromatic rings. The number of ether oxygens (including phenoxy) is 1. The van der Waals surface area contributed by atoms with Crippen LogP contribution in [0.5, 0.6) is 0 Å². The Morgan fingerprint density at radius 2 is 1.95 bits per heavy atom. The molecule has 2 heterocycles. The molecule has 0 aromatic heterocycles. The summed E-state index contributed by atoms with van der Waals surface area (Å²) in [6.45, 7) is 12.8. The van der Waals surface area contributed by atoms with E-state index in [0.717, 1.165) is 32.2 Å². The molecule has 1 N–H and O–H groups in total. The maximum atomic E-state index is 5.40. The first-order valence-corrected chi connectivity index (χ1v) is 8.29. The van der Waals surface area contributed by atoms with E-state index in [2.05, 4.69) is 24.1 Å². The number of nitrogens with one attached hydrogen (secondary N) is 1. The molecule has 2 saturated heterocycles. The van der Waals surface area contributed by atoms with Gasteiger partial charge in [0.15, 0.2) is 0 Å². The number of rotatable bonds is 7. The summed E-state index contributed by atoms with van der Waals surface area (Å²) in [6.07, 6.45) is 6.76. The molecule has 0 aromatic carbocycles. The Bertz CT molecular complexity index is 237. The van der Waals surface area contributed by atoms with Crippen LogP contribution in [0.3, 0.4) is 0 Å². The highest BCUT2D eigenvalue weighted by molar-refractivity contribution is 4.84. The third-order valence-corrected chi connectivity index (χ3v) is 5.48. The second-order valence-electron chi connectivity index (χ2n) is 6.48. The minimum absolute atomic E-state index is 0.658. The Morgan fingerprint density at radius 3 is 2.53 bits per heavy atom. The molecule has 19 heavy (non-hydrogen) atoms. The average molecular weight is 268 g/mol. The number of piperidine rings is 1. The number of hydrogen-bond acceptors (Lipinski definition) is 3. The number of hydrogen-bond donors (Lipinski definition) is 1. The standard InChI is InChI=1S/C16H32N2O/c1-3-16(4-2)6-9-18(10-7-16)11-8-17-13-15-5-12-19-14-15/h15,17H,3-14H2,1-2H3. The molecule has 0 radical (unpaired) electrons. The highest BCUT2D eigenvalue weighted by atomic mass is 16.5. The van der Waals surface area contributed by atoms with Gasteiger partial charge in [0.1, 0.15) is 0 Å². The van der Waals surface area contributed by atoms with E-state index < -0.39 is 0 Å². The molecule has 3 nitrogen and oxygen atoms in total. The van der Waals surface area contributed by atoms with Crippen molar-refractivity contribution in [1.82, 2.24) is 10.2 Å². The SMILES string of the molecule is CCC1(CC)CCN(CCNCC2CCOC2)CC1. The lowest BCUT2D eigenvalue weighted by atomic mass is 9.74. The van der Waals surface area contributed by atoms with Crippen molar-refractivity contribution in [1.29, 1.82) is 0 Å². The Labute approximate surface area is 119 Å². The topological polar surface area (TPSA) is 24.5 Å². The molecule has 0 spiro atoms. The summed E-state index contributed by atoms with van der Waals surface area (Å²) in [7, 11) is 0. The van der Waals surface area contributed by atoms with E-state index in [1.807, 2.05) is 0 Å². The fraction of sp³-hybridized carbons (Fsp3) is 1.00. The van der Waals surface area contributed by atoms with Crippen LogP contribution in [0.2, 0.25) is 0 Å². The lowest BCUT2D eigenvalue weighted by molar-refractivity contribution is 0.0958. The van der Waals surface area contributed by atoms with Crippen molar-refractivity contribution in [3.05, 3.63) is 0 Å². The van der Waals surface area contributed by atoms with Crippen molar-refractivity contribution < 1.29 is 4.74 Å². The van der Waals surface area contributed by atoms with E-state index in [1.165, 1.54) is 51.7 Å². The van der Waals surface area contributed by atoms with Crippen LogP contribution in [-0.2, 0) is 4.74 Å². The van der Waals surface area contributed by atoms with Crippen molar-refractivity contribution in [2.45, 2.75) is 46.0 Å². The molecule has 0 aliphatic carbocycles. The van der Waals surface area contributed by atoms with Gasteiger partial charge in [-0.3, -0.25) is 0 Å². The summed E-state index contributed by atoms with van der Waals surface area (Å²) >= 11 is 0. The van der Waals surface area contributed by atoms with E-state index in [9.17, 15) is 0 Å². The van der Waals surface area contributed by atoms with Crippen molar-refractivity contribution in [2.75, 3.05) is 45.9 Å². The molecule has 3 heteroatoms. The van der Waals surface area contributed by atoms with Gasteiger partial charge in [0.25, 0.3) is 0 Å². The molecule has 1 unspecified atom stereocenters. The van der Waals surface area contributed by atoms with E-state index in [4.69, 9.17) is 4.74 Å². The third-order valence-electron chi connectivity index (χ3n) is 5.48. The van der Waals surface area contributed by atoms with Gasteiger partial charge < -0.3 is 15.0 Å². The van der Waals surface area contributed by atoms with Crippen LogP contribution >= 0.6 is 0 Å². The molecule has 0 saturated carbocycles. The van der Waals surface area contributed by atoms with Crippen LogP contribution in [0.4, 0.5) is 0 Å². The van der Waals surface area contributed by atoms with E-state index in [1.54, 1.807) is 0 Å². The van der Waals surface area contributed by atoms with E-state index >= 15 is 0 Å². The molecule has 112 valence electrons. The summed E-state index contributed by atoms with van der Waals surface area (Å²) < 4.78 is 5.40. The molecule has 2 aliphatic rings. The third kappa shape index (κ3) is 4.44. The first-order chi connectivity index (χ1) is 9.28. The van der Waals surface area contributed by atoms with E-state index in [-0.39, 0.29) is 0 Å². The largest absolute Gasteiger partial charge is 0.381 e. The van der Waals surface area contributed by atoms with Crippen LogP contribution in [0.15, 0.2) is 0 Å². The Balaban J connectivity index is 1.55. The van der Waals surface area contributed by atoms with Crippen LogP contribution in [-0.4, -0.2) is 50.8 Å². The van der Waals surface area contributed by atoms with Crippen molar-refractivity contribution >= 4 is 0 Å². The summed E-state index contributed by atoms with van der Waals surface area (Å²) in [5.41, 5.74) is 0.658. The molecule has 0 amide bonds. The zero-order chi connectivity index (χ0) is 13.6. The summed E-state index contributed by atoms with van der Waals surface area (Å²) in [4.78, 5) is 2.64. The van der Waals surface area contributed by atoms with Gasteiger partial charge in [-0.1, -0.05) is 26.7 Å². The summed E-state index contributed by atoms with van der Waals surface area (Å²) in [6, 6.07) is 0. The fourth-order valence-corrected chi connectivity index (χ4v) is 3.50. The lowest BCUT2D eigenvalue weighted by Crippen LogP contribution is -2.42. The average Bonchev–Trinajstić information content (AvgIpc) is 2.98. The summed E-state index contributed by atoms with van der Waals surface area (Å²) in [5.74, 6) is 0.759. The molecular formula is C16H32N2O. The molecule has 2 rings (SSSR count). The van der Waals surface area contributed by atoms with Gasteiger partial charge in [-0.2, -0.15) is 0 Å². The number of likely N-dealkylation sites (tertiary alicyclic amines) is 1. The second kappa shape index (κ2) is 7.61. The number of nitrogens with zero attached hydrogens (tertiary/aromatic N) is 1. The lowest BCUT2D eigenvalue weighted by Gasteiger charge is -2.41. The first kappa shape index (κ1) is 15.3. The highest BCUT2D eigenvalue weighted by Gasteiger charge is 2.30. The predicted molar refractivity (Wildman–Crippen MR) is 80.5 cm³/mol. The zero-order valence-corrected chi connectivity index (χ0v) is 12.9. The van der Waals surface area contributed by atoms with Crippen molar-refractivity contribution in [2.24, 2.45) is 11.3 Å². The van der Waals surface area contributed by atoms with Crippen molar-refractivity contribution in [3.8, 4) is 0 Å². The Hall–Kier alpha value is -0.120. The predicted octanol–water partition coefficient (Wildman–Crippen LogP) is 2.51. The zero-order valence-electron chi connectivity index (χ0n) is 12.9. The molecule has 1 atom stereocenters. The van der Waals surface area contributed by atoms with Gasteiger partial charge in [0.05, 0.1) is 6.61 Å². The van der Waals surface area contributed by atoms with Gasteiger partial charge in [-0.15, -0.1) is 0 Å². The van der Waals surface area contributed by atoms with Gasteiger partial charge in [0.2, 0.25) is 0 Å². The van der Waals surface area contributed by atoms with Crippen LogP contribution < -0.4 is 5.32 Å². The highest BCUT2D eigenvalue weighted by Crippen LogP contribution is 2.37. The van der Waals surface area contributed by atoms with Gasteiger partial charge in [-0.25, -0.2) is 0 Å². The van der Waals surface area contributed by atoms with Crippen LogP contribution in [0.25, 0.3) is 0 Å². The smallest absolute Gasteiger partial charge is 0.0507 e. The van der Waals surface area contributed by atoms with Gasteiger partial charge in [-0.05, 0) is 43.7 Å². The maximum absolute atomic E-state index is 5.40. The second-order valence-corrected chi connectivity index (χ2v) is 6.48. The van der Waals surface area contributed by atoms with Crippen molar-refractivity contribution in [3.63, 3.8) is 0 Å². The molecule has 0 bridgehead atoms. The van der Waals surface area contributed by atoms with E-state index in [0.29, 0.717) is 5.41 Å². The fourth-order valence-electron chi connectivity index (χ4n) is 3.50. The van der Waals surface area contributed by atoms with Crippen LogP contribution in [0, 0.1) is 11.3 Å². The Kier molecular flexibility index (Phi) is 6.11. The van der Waals surface area contributed by atoms with Gasteiger partial charge in [0, 0.05) is 26.2 Å². The molecular weight excluding hydrogens is 236 g/mol. The minimum Gasteiger partial charge on any atom is -0.381 e. The first-order valence-electron chi connectivity index (χ1n) is 8.29. The monoisotopic (exact) mass is 268 g/mol. The van der Waals surface area contributed by atoms with Gasteiger partial charge >= 0.3 is 0 Å². The molecule has 2 aliphatic heterocycles. The molecule has 2 fully saturated rings. The van der Waals surface area contributed by atoms with Crippen LogP contribution in [0.1, 0.15) is 46.0 Å². The maximum Gasteiger partial charge on any atom is 0.0507 e. The minimum atomic E-state index is 0.658. The Morgan fingerprint density at radius 1 is 1.21 bits per heavy atom. The normalized spacial score (nSPS) is 27.8. The summed E-state index contributed by atoms with van der Waals surface area (Å²) in [5, 5.41) is 3.60. The quantitative estimate of drug-likeness (QED) is 0.718.